The van der Waals surface area contributed by atoms with Crippen molar-refractivity contribution in [1.82, 2.24) is 5.32 Å². The van der Waals surface area contributed by atoms with Crippen molar-refractivity contribution >= 4 is 21.6 Å². The first kappa shape index (κ1) is 12.9. The fraction of sp³-hybridized carbons (Fsp3) is 0.571. The highest BCUT2D eigenvalue weighted by atomic mass is 79.9. The van der Waals surface area contributed by atoms with E-state index >= 15 is 0 Å². The third-order valence-electron chi connectivity index (χ3n) is 3.45. The molecule has 0 aromatic heterocycles. The second-order valence-corrected chi connectivity index (χ2v) is 5.79. The Balaban J connectivity index is 2.19. The van der Waals surface area contributed by atoms with E-state index < -0.39 is 0 Å². The van der Waals surface area contributed by atoms with Crippen molar-refractivity contribution in [2.45, 2.75) is 33.2 Å². The Hall–Kier alpha value is -0.540. The van der Waals surface area contributed by atoms with Gasteiger partial charge in [-0.05, 0) is 50.1 Å². The highest BCUT2D eigenvalue weighted by molar-refractivity contribution is 9.10. The smallest absolute Gasteiger partial charge is 0.0426 e. The quantitative estimate of drug-likeness (QED) is 0.921. The zero-order valence-electron chi connectivity index (χ0n) is 10.9. The molecule has 1 N–H and O–H groups in total. The van der Waals surface area contributed by atoms with Gasteiger partial charge in [0, 0.05) is 29.3 Å². The first-order chi connectivity index (χ1) is 8.11. The Bertz CT molecular complexity index is 380. The van der Waals surface area contributed by atoms with Crippen LogP contribution in [0.4, 0.5) is 5.69 Å². The van der Waals surface area contributed by atoms with Gasteiger partial charge in [-0.1, -0.05) is 22.9 Å². The molecule has 0 bridgehead atoms. The molecule has 3 heteroatoms. The number of rotatable bonds is 3. The molecule has 1 aliphatic heterocycles. The van der Waals surface area contributed by atoms with Crippen LogP contribution in [0.2, 0.25) is 0 Å². The Labute approximate surface area is 113 Å². The van der Waals surface area contributed by atoms with Crippen LogP contribution < -0.4 is 10.2 Å². The molecule has 0 radical (unpaired) electrons. The second-order valence-electron chi connectivity index (χ2n) is 4.88. The van der Waals surface area contributed by atoms with Gasteiger partial charge in [0.1, 0.15) is 0 Å². The summed E-state index contributed by atoms with van der Waals surface area (Å²) in [4.78, 5) is 2.52. The molecule has 94 valence electrons. The van der Waals surface area contributed by atoms with Crippen molar-refractivity contribution in [2.24, 2.45) is 0 Å². The number of nitrogens with one attached hydrogen (secondary N) is 1. The van der Waals surface area contributed by atoms with Gasteiger partial charge in [0.05, 0.1) is 0 Å². The molecule has 1 aromatic carbocycles. The molecule has 1 atom stereocenters. The Morgan fingerprint density at radius 2 is 2.00 bits per heavy atom. The van der Waals surface area contributed by atoms with E-state index in [1.165, 1.54) is 34.3 Å². The molecule has 1 aliphatic rings. The summed E-state index contributed by atoms with van der Waals surface area (Å²) in [6, 6.07) is 5.08. The lowest BCUT2D eigenvalue weighted by Gasteiger charge is -2.23. The number of halogens is 1. The number of aryl methyl sites for hydroxylation is 2. The number of likely N-dealkylation sites (N-methyl/N-ethyl adjacent to an activating group) is 1. The Morgan fingerprint density at radius 1 is 1.35 bits per heavy atom. The van der Waals surface area contributed by atoms with E-state index in [2.05, 4.69) is 59.1 Å². The number of nitrogens with zero attached hydrogens (tertiary/aromatic N) is 1. The summed E-state index contributed by atoms with van der Waals surface area (Å²) in [6.07, 6.45) is 1.25. The fourth-order valence-corrected chi connectivity index (χ4v) is 3.51. The predicted molar refractivity (Wildman–Crippen MR) is 77.9 cm³/mol. The SMILES string of the molecule is CCNC1CCN(c2c(C)cc(Br)cc2C)C1. The van der Waals surface area contributed by atoms with Gasteiger partial charge in [-0.3, -0.25) is 0 Å². The molecule has 17 heavy (non-hydrogen) atoms. The van der Waals surface area contributed by atoms with Gasteiger partial charge in [0.15, 0.2) is 0 Å². The minimum absolute atomic E-state index is 0.655. The van der Waals surface area contributed by atoms with Gasteiger partial charge in [0.2, 0.25) is 0 Å². The molecule has 1 unspecified atom stereocenters. The molecular formula is C14H21BrN2. The first-order valence-corrected chi connectivity index (χ1v) is 7.16. The summed E-state index contributed by atoms with van der Waals surface area (Å²) in [7, 11) is 0. The molecular weight excluding hydrogens is 276 g/mol. The summed E-state index contributed by atoms with van der Waals surface area (Å²) in [5.74, 6) is 0. The molecule has 2 rings (SSSR count). The van der Waals surface area contributed by atoms with Crippen LogP contribution in [0.15, 0.2) is 16.6 Å². The third-order valence-corrected chi connectivity index (χ3v) is 3.91. The summed E-state index contributed by atoms with van der Waals surface area (Å²) in [5, 5.41) is 3.54. The lowest BCUT2D eigenvalue weighted by molar-refractivity contribution is 0.572. The largest absolute Gasteiger partial charge is 0.369 e. The van der Waals surface area contributed by atoms with Gasteiger partial charge in [-0.2, -0.15) is 0 Å². The van der Waals surface area contributed by atoms with Crippen molar-refractivity contribution in [1.29, 1.82) is 0 Å². The number of anilines is 1. The number of benzene rings is 1. The molecule has 1 heterocycles. The minimum atomic E-state index is 0.655. The van der Waals surface area contributed by atoms with E-state index in [4.69, 9.17) is 0 Å². The molecule has 1 saturated heterocycles. The van der Waals surface area contributed by atoms with Gasteiger partial charge < -0.3 is 10.2 Å². The molecule has 0 spiro atoms. The van der Waals surface area contributed by atoms with E-state index in [0.717, 1.165) is 13.1 Å². The minimum Gasteiger partial charge on any atom is -0.369 e. The summed E-state index contributed by atoms with van der Waals surface area (Å²) in [5.41, 5.74) is 4.16. The summed E-state index contributed by atoms with van der Waals surface area (Å²) in [6.45, 7) is 9.95. The highest BCUT2D eigenvalue weighted by Gasteiger charge is 2.23. The van der Waals surface area contributed by atoms with Crippen LogP contribution in [0.5, 0.6) is 0 Å². The van der Waals surface area contributed by atoms with Crippen LogP contribution in [-0.2, 0) is 0 Å². The maximum absolute atomic E-state index is 3.56. The van der Waals surface area contributed by atoms with Crippen molar-refractivity contribution < 1.29 is 0 Å². The van der Waals surface area contributed by atoms with Crippen molar-refractivity contribution in [3.8, 4) is 0 Å². The fourth-order valence-electron chi connectivity index (χ4n) is 2.82. The lowest BCUT2D eigenvalue weighted by atomic mass is 10.1. The van der Waals surface area contributed by atoms with Crippen LogP contribution in [-0.4, -0.2) is 25.7 Å². The molecule has 0 amide bonds. The molecule has 0 aliphatic carbocycles. The Morgan fingerprint density at radius 3 is 2.59 bits per heavy atom. The monoisotopic (exact) mass is 296 g/mol. The van der Waals surface area contributed by atoms with E-state index in [1.54, 1.807) is 0 Å². The van der Waals surface area contributed by atoms with Crippen molar-refractivity contribution in [3.63, 3.8) is 0 Å². The average Bonchev–Trinajstić information content (AvgIpc) is 2.65. The normalized spacial score (nSPS) is 20.0. The summed E-state index contributed by atoms with van der Waals surface area (Å²) < 4.78 is 1.18. The third kappa shape index (κ3) is 2.83. The molecule has 1 aromatic rings. The Kier molecular flexibility index (Phi) is 4.10. The van der Waals surface area contributed by atoms with Gasteiger partial charge in [0.25, 0.3) is 0 Å². The average molecular weight is 297 g/mol. The van der Waals surface area contributed by atoms with Gasteiger partial charge in [-0.15, -0.1) is 0 Å². The van der Waals surface area contributed by atoms with Crippen molar-refractivity contribution in [2.75, 3.05) is 24.5 Å². The maximum Gasteiger partial charge on any atom is 0.0426 e. The van der Waals surface area contributed by atoms with Crippen LogP contribution >= 0.6 is 15.9 Å². The van der Waals surface area contributed by atoms with E-state index in [9.17, 15) is 0 Å². The predicted octanol–water partition coefficient (Wildman–Crippen LogP) is 3.25. The topological polar surface area (TPSA) is 15.3 Å². The number of hydrogen-bond acceptors (Lipinski definition) is 2. The lowest BCUT2D eigenvalue weighted by Crippen LogP contribution is -2.32. The van der Waals surface area contributed by atoms with Gasteiger partial charge >= 0.3 is 0 Å². The molecule has 1 fully saturated rings. The van der Waals surface area contributed by atoms with Crippen LogP contribution in [0.25, 0.3) is 0 Å². The highest BCUT2D eigenvalue weighted by Crippen LogP contribution is 2.30. The van der Waals surface area contributed by atoms with Crippen molar-refractivity contribution in [3.05, 3.63) is 27.7 Å². The van der Waals surface area contributed by atoms with Crippen LogP contribution in [0, 0.1) is 13.8 Å². The second kappa shape index (κ2) is 5.40. The zero-order chi connectivity index (χ0) is 12.4. The zero-order valence-corrected chi connectivity index (χ0v) is 12.5. The van der Waals surface area contributed by atoms with Crippen LogP contribution in [0.1, 0.15) is 24.5 Å². The van der Waals surface area contributed by atoms with Crippen LogP contribution in [0.3, 0.4) is 0 Å². The molecule has 0 saturated carbocycles. The van der Waals surface area contributed by atoms with E-state index in [1.807, 2.05) is 0 Å². The van der Waals surface area contributed by atoms with E-state index in [0.29, 0.717) is 6.04 Å². The first-order valence-electron chi connectivity index (χ1n) is 6.37. The molecule has 2 nitrogen and oxygen atoms in total. The van der Waals surface area contributed by atoms with E-state index in [-0.39, 0.29) is 0 Å². The summed E-state index contributed by atoms with van der Waals surface area (Å²) >= 11 is 3.56. The number of hydrogen-bond donors (Lipinski definition) is 1. The standard InChI is InChI=1S/C14H21BrN2/c1-4-16-13-5-6-17(9-13)14-10(2)7-12(15)8-11(14)3/h7-8,13,16H,4-6,9H2,1-3H3. The maximum atomic E-state index is 3.56. The van der Waals surface area contributed by atoms with Gasteiger partial charge in [-0.25, -0.2) is 0 Å².